The maximum absolute atomic E-state index is 13.5. The van der Waals surface area contributed by atoms with Crippen molar-refractivity contribution in [3.63, 3.8) is 0 Å². The average Bonchev–Trinajstić information content (AvgIpc) is 3.37. The summed E-state index contributed by atoms with van der Waals surface area (Å²) < 4.78 is 8.01. The van der Waals surface area contributed by atoms with Crippen LogP contribution in [0, 0.1) is 17.2 Å². The van der Waals surface area contributed by atoms with Gasteiger partial charge in [0.15, 0.2) is 22.3 Å². The van der Waals surface area contributed by atoms with Gasteiger partial charge in [0.25, 0.3) is 0 Å². The normalized spacial score (nSPS) is 26.3. The predicted octanol–water partition coefficient (Wildman–Crippen LogP) is 2.50. The Morgan fingerprint density at radius 1 is 1.18 bits per heavy atom. The molecule has 1 amide bonds. The Morgan fingerprint density at radius 2 is 1.82 bits per heavy atom. The van der Waals surface area contributed by atoms with Crippen LogP contribution >= 0.6 is 11.6 Å². The summed E-state index contributed by atoms with van der Waals surface area (Å²) in [5.41, 5.74) is 0.594. The molecule has 2 heterocycles. The number of rotatable bonds is 3. The number of benzene rings is 2. The molecule has 4 atom stereocenters. The number of hydrogen-bond acceptors (Lipinski definition) is 6. The molecular weight excluding hydrogens is 456 g/mol. The maximum atomic E-state index is 13.5. The van der Waals surface area contributed by atoms with Crippen molar-refractivity contribution in [1.82, 2.24) is 14.7 Å². The third kappa shape index (κ3) is 2.84. The second-order valence-corrected chi connectivity index (χ2v) is 9.39. The highest BCUT2D eigenvalue weighted by atomic mass is 35.5. The number of carbonyl (C=O) groups is 1. The van der Waals surface area contributed by atoms with Gasteiger partial charge in [0.2, 0.25) is 5.91 Å². The second-order valence-electron chi connectivity index (χ2n) is 9.03. The summed E-state index contributed by atoms with van der Waals surface area (Å²) >= 11 is 6.49. The van der Waals surface area contributed by atoms with Gasteiger partial charge in [0, 0.05) is 27.1 Å². The number of aryl methyl sites for hydroxylation is 1. The number of aliphatic hydroxyl groups is 2. The van der Waals surface area contributed by atoms with Crippen LogP contribution in [0.2, 0.25) is 5.15 Å². The summed E-state index contributed by atoms with van der Waals surface area (Å²) in [5, 5.41) is 37.4. The summed E-state index contributed by atoms with van der Waals surface area (Å²) in [5.74, 6) is -5.90. The van der Waals surface area contributed by atoms with Gasteiger partial charge in [-0.25, -0.2) is 0 Å². The van der Waals surface area contributed by atoms with E-state index < -0.39 is 35.0 Å². The van der Waals surface area contributed by atoms with E-state index >= 15 is 0 Å². The lowest BCUT2D eigenvalue weighted by Gasteiger charge is -2.37. The van der Waals surface area contributed by atoms with E-state index in [2.05, 4.69) is 11.2 Å². The molecule has 2 aliphatic rings. The molecule has 1 fully saturated rings. The minimum Gasteiger partial charge on any atom is -0.476 e. The summed E-state index contributed by atoms with van der Waals surface area (Å²) in [6.07, 6.45) is 0. The number of halogens is 1. The molecule has 0 radical (unpaired) electrons. The smallest absolute Gasteiger partial charge is 0.231 e. The standard InChI is InChI=1S/C25H23ClN4O4/c1-29(2)23(31)18-17(15-7-5-4-6-8-15)24(16-11-9-14(13-27)10-12-16)21(25(18,32)33)19-20(34-24)22(26)30(3)28-19/h4-12,17-18,21,32-33H,1-3H3/t17-,18+,21+,24-/m1/s1. The van der Waals surface area contributed by atoms with Crippen LogP contribution in [0.3, 0.4) is 0 Å². The Labute approximate surface area is 201 Å². The molecule has 0 bridgehead atoms. The number of nitrogens with zero attached hydrogens (tertiary/aromatic N) is 4. The quantitative estimate of drug-likeness (QED) is 0.559. The van der Waals surface area contributed by atoms with Crippen LogP contribution in [0.15, 0.2) is 54.6 Å². The lowest BCUT2D eigenvalue weighted by atomic mass is 9.73. The molecule has 5 rings (SSSR count). The minimum atomic E-state index is -2.52. The van der Waals surface area contributed by atoms with Crippen LogP contribution in [-0.2, 0) is 17.4 Å². The van der Waals surface area contributed by atoms with Crippen molar-refractivity contribution in [3.05, 3.63) is 82.1 Å². The van der Waals surface area contributed by atoms with E-state index in [0.29, 0.717) is 16.7 Å². The maximum Gasteiger partial charge on any atom is 0.231 e. The van der Waals surface area contributed by atoms with Gasteiger partial charge in [0.05, 0.1) is 11.6 Å². The first-order valence-corrected chi connectivity index (χ1v) is 11.1. The summed E-state index contributed by atoms with van der Waals surface area (Å²) in [6.45, 7) is 0. The van der Waals surface area contributed by atoms with Gasteiger partial charge in [-0.3, -0.25) is 9.48 Å². The monoisotopic (exact) mass is 478 g/mol. The molecule has 0 spiro atoms. The van der Waals surface area contributed by atoms with Gasteiger partial charge in [-0.05, 0) is 23.3 Å². The molecule has 1 aliphatic carbocycles. The third-order valence-electron chi connectivity index (χ3n) is 6.94. The van der Waals surface area contributed by atoms with E-state index in [4.69, 9.17) is 16.3 Å². The predicted molar refractivity (Wildman–Crippen MR) is 123 cm³/mol. The highest BCUT2D eigenvalue weighted by Crippen LogP contribution is 2.70. The molecule has 0 saturated heterocycles. The molecule has 1 saturated carbocycles. The van der Waals surface area contributed by atoms with Crippen LogP contribution in [0.1, 0.15) is 34.2 Å². The van der Waals surface area contributed by atoms with Crippen molar-refractivity contribution < 1.29 is 19.7 Å². The van der Waals surface area contributed by atoms with Gasteiger partial charge in [-0.15, -0.1) is 0 Å². The number of fused-ring (bicyclic) bond motifs is 3. The first-order valence-electron chi connectivity index (χ1n) is 10.8. The topological polar surface area (TPSA) is 112 Å². The number of aromatic nitrogens is 2. The van der Waals surface area contributed by atoms with Crippen molar-refractivity contribution in [2.45, 2.75) is 23.2 Å². The Balaban J connectivity index is 1.86. The molecule has 9 heteroatoms. The van der Waals surface area contributed by atoms with Gasteiger partial charge in [0.1, 0.15) is 17.5 Å². The van der Waals surface area contributed by atoms with E-state index in [9.17, 15) is 20.3 Å². The first kappa shape index (κ1) is 22.4. The van der Waals surface area contributed by atoms with E-state index in [0.717, 1.165) is 0 Å². The molecule has 34 heavy (non-hydrogen) atoms. The van der Waals surface area contributed by atoms with Crippen LogP contribution in [-0.4, -0.2) is 50.7 Å². The van der Waals surface area contributed by atoms with Crippen LogP contribution in [0.4, 0.5) is 0 Å². The molecule has 8 nitrogen and oxygen atoms in total. The molecule has 1 aliphatic heterocycles. The van der Waals surface area contributed by atoms with Crippen molar-refractivity contribution in [2.24, 2.45) is 13.0 Å². The lowest BCUT2D eigenvalue weighted by Crippen LogP contribution is -2.47. The summed E-state index contributed by atoms with van der Waals surface area (Å²) in [4.78, 5) is 14.8. The fourth-order valence-electron chi connectivity index (χ4n) is 5.56. The zero-order chi connectivity index (χ0) is 24.4. The van der Waals surface area contributed by atoms with Gasteiger partial charge in [-0.2, -0.15) is 10.4 Å². The minimum absolute atomic E-state index is 0.218. The second kappa shape index (κ2) is 7.57. The van der Waals surface area contributed by atoms with Crippen LogP contribution in [0.5, 0.6) is 5.75 Å². The van der Waals surface area contributed by atoms with Crippen molar-refractivity contribution >= 4 is 17.5 Å². The molecule has 174 valence electrons. The van der Waals surface area contributed by atoms with E-state index in [1.807, 2.05) is 30.3 Å². The molecule has 3 aromatic rings. The fraction of sp³-hybridized carbons (Fsp3) is 0.320. The largest absolute Gasteiger partial charge is 0.476 e. The zero-order valence-electron chi connectivity index (χ0n) is 18.8. The Bertz CT molecular complexity index is 1310. The Hall–Kier alpha value is -3.38. The molecular formula is C25H23ClN4O4. The SMILES string of the molecule is CN(C)C(=O)[C@@H]1[C@@H](c2ccccc2)[C@@]2(c3ccc(C#N)cc3)Oc3c(nn(C)c3Cl)[C@@H]2C1(O)O. The third-order valence-corrected chi connectivity index (χ3v) is 7.36. The average molecular weight is 479 g/mol. The lowest BCUT2D eigenvalue weighted by molar-refractivity contribution is -0.207. The van der Waals surface area contributed by atoms with Crippen LogP contribution < -0.4 is 4.74 Å². The van der Waals surface area contributed by atoms with E-state index in [-0.39, 0.29) is 16.6 Å². The zero-order valence-corrected chi connectivity index (χ0v) is 19.6. The molecule has 0 unspecified atom stereocenters. The van der Waals surface area contributed by atoms with Gasteiger partial charge >= 0.3 is 0 Å². The van der Waals surface area contributed by atoms with Crippen molar-refractivity contribution in [2.75, 3.05) is 14.1 Å². The number of hydrogen-bond donors (Lipinski definition) is 2. The number of ether oxygens (including phenoxy) is 1. The van der Waals surface area contributed by atoms with Gasteiger partial charge < -0.3 is 19.8 Å². The van der Waals surface area contributed by atoms with Crippen molar-refractivity contribution in [3.8, 4) is 11.8 Å². The fourth-order valence-corrected chi connectivity index (χ4v) is 5.74. The Morgan fingerprint density at radius 3 is 2.41 bits per heavy atom. The first-order chi connectivity index (χ1) is 16.1. The molecule has 2 aromatic carbocycles. The van der Waals surface area contributed by atoms with E-state index in [1.54, 1.807) is 45.4 Å². The summed E-state index contributed by atoms with van der Waals surface area (Å²) in [7, 11) is 4.79. The highest BCUT2D eigenvalue weighted by molar-refractivity contribution is 6.31. The number of carbonyl (C=O) groups excluding carboxylic acids is 1. The van der Waals surface area contributed by atoms with Crippen LogP contribution in [0.25, 0.3) is 0 Å². The number of nitriles is 1. The van der Waals surface area contributed by atoms with Gasteiger partial charge in [-0.1, -0.05) is 54.1 Å². The van der Waals surface area contributed by atoms with E-state index in [1.165, 1.54) is 9.58 Å². The van der Waals surface area contributed by atoms with Crippen molar-refractivity contribution in [1.29, 1.82) is 5.26 Å². The molecule has 2 N–H and O–H groups in total. The number of amides is 1. The Kier molecular flexibility index (Phi) is 4.99. The highest BCUT2D eigenvalue weighted by Gasteiger charge is 2.76. The summed E-state index contributed by atoms with van der Waals surface area (Å²) in [6, 6.07) is 18.0. The molecule has 1 aromatic heterocycles.